The number of hydrogen-bond donors (Lipinski definition) is 3. The molecule has 0 fully saturated rings. The second-order valence-corrected chi connectivity index (χ2v) is 3.23. The van der Waals surface area contributed by atoms with Crippen LogP contribution in [0.4, 0.5) is 0 Å². The predicted octanol–water partition coefficient (Wildman–Crippen LogP) is -0.174. The molecule has 0 amide bonds. The molecule has 0 aliphatic carbocycles. The van der Waals surface area contributed by atoms with Crippen molar-refractivity contribution in [2.75, 3.05) is 19.7 Å². The Morgan fingerprint density at radius 3 is 2.54 bits per heavy atom. The summed E-state index contributed by atoms with van der Waals surface area (Å²) in [5.41, 5.74) is 5.38. The van der Waals surface area contributed by atoms with Crippen molar-refractivity contribution >= 4 is 5.84 Å². The molecule has 0 rings (SSSR count). The van der Waals surface area contributed by atoms with E-state index in [1.54, 1.807) is 0 Å². The Kier molecular flexibility index (Phi) is 6.26. The van der Waals surface area contributed by atoms with E-state index < -0.39 is 0 Å². The molecule has 4 N–H and O–H groups in total. The summed E-state index contributed by atoms with van der Waals surface area (Å²) in [5, 5.41) is 19.9. The first-order valence-corrected chi connectivity index (χ1v) is 4.43. The van der Waals surface area contributed by atoms with Crippen LogP contribution in [0.5, 0.6) is 0 Å². The lowest BCUT2D eigenvalue weighted by Crippen LogP contribution is -2.39. The molecule has 13 heavy (non-hydrogen) atoms. The van der Waals surface area contributed by atoms with Gasteiger partial charge in [-0.25, -0.2) is 0 Å². The molecule has 0 aliphatic heterocycles. The van der Waals surface area contributed by atoms with Gasteiger partial charge in [0, 0.05) is 19.2 Å². The van der Waals surface area contributed by atoms with Gasteiger partial charge in [-0.15, -0.1) is 0 Å². The number of nitrogens with zero attached hydrogens (tertiary/aromatic N) is 2. The van der Waals surface area contributed by atoms with Gasteiger partial charge in [0.25, 0.3) is 0 Å². The summed E-state index contributed by atoms with van der Waals surface area (Å²) < 4.78 is 0. The van der Waals surface area contributed by atoms with Crippen LogP contribution in [0.25, 0.3) is 0 Å². The molecule has 0 saturated carbocycles. The monoisotopic (exact) mass is 189 g/mol. The molecule has 78 valence electrons. The van der Waals surface area contributed by atoms with Crippen LogP contribution < -0.4 is 5.73 Å². The van der Waals surface area contributed by atoms with Crippen molar-refractivity contribution in [3.63, 3.8) is 0 Å². The lowest BCUT2D eigenvalue weighted by molar-refractivity contribution is 0.209. The summed E-state index contributed by atoms with van der Waals surface area (Å²) in [4.78, 5) is 2.03. The van der Waals surface area contributed by atoms with Gasteiger partial charge in [0.1, 0.15) is 0 Å². The first-order valence-electron chi connectivity index (χ1n) is 4.43. The highest BCUT2D eigenvalue weighted by Gasteiger charge is 2.10. The maximum Gasteiger partial charge on any atom is 0.153 e. The van der Waals surface area contributed by atoms with Crippen LogP contribution in [-0.2, 0) is 0 Å². The molecule has 0 unspecified atom stereocenters. The topological polar surface area (TPSA) is 82.1 Å². The highest BCUT2D eigenvalue weighted by atomic mass is 16.4. The van der Waals surface area contributed by atoms with E-state index in [1.807, 2.05) is 18.7 Å². The summed E-state index contributed by atoms with van der Waals surface area (Å²) in [7, 11) is 0. The highest BCUT2D eigenvalue weighted by molar-refractivity contribution is 5.81. The van der Waals surface area contributed by atoms with Crippen LogP contribution in [0.15, 0.2) is 5.16 Å². The van der Waals surface area contributed by atoms with Gasteiger partial charge in [-0.1, -0.05) is 5.16 Å². The Balaban J connectivity index is 3.94. The number of nitrogens with two attached hydrogens (primary N) is 1. The number of aliphatic hydroxyl groups is 1. The molecule has 0 atom stereocenters. The maximum absolute atomic E-state index is 8.65. The highest BCUT2D eigenvalue weighted by Crippen LogP contribution is 1.98. The Bertz CT molecular complexity index is 159. The summed E-state index contributed by atoms with van der Waals surface area (Å²) in [6.45, 7) is 5.42. The number of amidine groups is 1. The van der Waals surface area contributed by atoms with Gasteiger partial charge < -0.3 is 16.0 Å². The zero-order valence-electron chi connectivity index (χ0n) is 8.27. The molecule has 0 spiro atoms. The predicted molar refractivity (Wildman–Crippen MR) is 51.8 cm³/mol. The average Bonchev–Trinajstić information content (AvgIpc) is 2.11. The minimum absolute atomic E-state index is 0.166. The third-order valence-electron chi connectivity index (χ3n) is 1.83. The first-order chi connectivity index (χ1) is 6.11. The quantitative estimate of drug-likeness (QED) is 0.234. The van der Waals surface area contributed by atoms with E-state index in [1.165, 1.54) is 0 Å². The minimum Gasteiger partial charge on any atom is -0.409 e. The van der Waals surface area contributed by atoms with E-state index in [4.69, 9.17) is 16.0 Å². The van der Waals surface area contributed by atoms with E-state index in [2.05, 4.69) is 5.16 Å². The van der Waals surface area contributed by atoms with E-state index in [0.717, 1.165) is 6.54 Å². The molecule has 5 nitrogen and oxygen atoms in total. The lowest BCUT2D eigenvalue weighted by Gasteiger charge is -2.25. The van der Waals surface area contributed by atoms with Crippen LogP contribution in [0, 0.1) is 0 Å². The molecule has 0 heterocycles. The third kappa shape index (κ3) is 5.43. The summed E-state index contributed by atoms with van der Waals surface area (Å²) in [6.07, 6.45) is 0.705. The molecule has 0 radical (unpaired) electrons. The zero-order chi connectivity index (χ0) is 10.3. The van der Waals surface area contributed by atoms with Crippen LogP contribution in [0.1, 0.15) is 20.3 Å². The van der Waals surface area contributed by atoms with E-state index in [9.17, 15) is 0 Å². The van der Waals surface area contributed by atoms with Crippen molar-refractivity contribution in [1.29, 1.82) is 0 Å². The van der Waals surface area contributed by atoms with Gasteiger partial charge in [-0.3, -0.25) is 4.90 Å². The van der Waals surface area contributed by atoms with Crippen LogP contribution in [-0.4, -0.2) is 46.8 Å². The lowest BCUT2D eigenvalue weighted by atomic mass is 10.3. The number of oxime groups is 1. The molecule has 0 aromatic carbocycles. The molecule has 0 aromatic rings. The Morgan fingerprint density at radius 1 is 1.54 bits per heavy atom. The molecular weight excluding hydrogens is 170 g/mol. The Morgan fingerprint density at radius 2 is 2.15 bits per heavy atom. The van der Waals surface area contributed by atoms with Crippen molar-refractivity contribution in [2.45, 2.75) is 26.3 Å². The normalized spacial score (nSPS) is 12.8. The van der Waals surface area contributed by atoms with Gasteiger partial charge in [-0.2, -0.15) is 0 Å². The van der Waals surface area contributed by atoms with Crippen molar-refractivity contribution in [1.82, 2.24) is 4.90 Å². The standard InChI is InChI=1S/C8H19N3O2/c1-7(2)11(4-3-5-12)6-8(9)10-13/h7,12-13H,3-6H2,1-2H3,(H2,9,10). The molecule has 0 saturated heterocycles. The van der Waals surface area contributed by atoms with Crippen LogP contribution >= 0.6 is 0 Å². The summed E-state index contributed by atoms with van der Waals surface area (Å²) in [6, 6.07) is 0.326. The van der Waals surface area contributed by atoms with Crippen LogP contribution in [0.3, 0.4) is 0 Å². The largest absolute Gasteiger partial charge is 0.409 e. The minimum atomic E-state index is 0.166. The zero-order valence-corrected chi connectivity index (χ0v) is 8.27. The Labute approximate surface area is 78.8 Å². The van der Waals surface area contributed by atoms with Gasteiger partial charge in [0.05, 0.1) is 6.54 Å². The van der Waals surface area contributed by atoms with Gasteiger partial charge in [-0.05, 0) is 20.3 Å². The van der Waals surface area contributed by atoms with Crippen molar-refractivity contribution in [3.05, 3.63) is 0 Å². The van der Waals surface area contributed by atoms with E-state index >= 15 is 0 Å². The average molecular weight is 189 g/mol. The molecule has 5 heteroatoms. The fourth-order valence-corrected chi connectivity index (χ4v) is 1.03. The maximum atomic E-state index is 8.65. The molecule has 0 aromatic heterocycles. The SMILES string of the molecule is CC(C)N(CCCO)CC(N)=NO. The number of rotatable bonds is 6. The Hall–Kier alpha value is -0.810. The second-order valence-electron chi connectivity index (χ2n) is 3.23. The van der Waals surface area contributed by atoms with Gasteiger partial charge in [0.15, 0.2) is 5.84 Å². The van der Waals surface area contributed by atoms with Crippen molar-refractivity contribution in [2.24, 2.45) is 10.9 Å². The first kappa shape index (κ1) is 12.2. The van der Waals surface area contributed by atoms with E-state index in [-0.39, 0.29) is 12.4 Å². The van der Waals surface area contributed by atoms with E-state index in [0.29, 0.717) is 19.0 Å². The fraction of sp³-hybridized carbons (Fsp3) is 0.875. The second kappa shape index (κ2) is 6.68. The smallest absolute Gasteiger partial charge is 0.153 e. The number of aliphatic hydroxyl groups excluding tert-OH is 1. The summed E-state index contributed by atoms with van der Waals surface area (Å²) >= 11 is 0. The molecule has 0 aliphatic rings. The van der Waals surface area contributed by atoms with Crippen molar-refractivity contribution in [3.8, 4) is 0 Å². The van der Waals surface area contributed by atoms with Crippen LogP contribution in [0.2, 0.25) is 0 Å². The third-order valence-corrected chi connectivity index (χ3v) is 1.83. The van der Waals surface area contributed by atoms with Gasteiger partial charge in [0.2, 0.25) is 0 Å². The van der Waals surface area contributed by atoms with Gasteiger partial charge >= 0.3 is 0 Å². The fourth-order valence-electron chi connectivity index (χ4n) is 1.03. The summed E-state index contributed by atoms with van der Waals surface area (Å²) in [5.74, 6) is 0.201. The van der Waals surface area contributed by atoms with Crippen molar-refractivity contribution < 1.29 is 10.3 Å². The molecular formula is C8H19N3O2. The number of hydrogen-bond acceptors (Lipinski definition) is 4. The molecule has 0 bridgehead atoms.